The van der Waals surface area contributed by atoms with E-state index in [0.29, 0.717) is 17.7 Å². The maximum Gasteiger partial charge on any atom is 0.262 e. The summed E-state index contributed by atoms with van der Waals surface area (Å²) in [5.74, 6) is -0.368. The van der Waals surface area contributed by atoms with Crippen molar-refractivity contribution in [2.24, 2.45) is 0 Å². The number of hydrogen-bond acceptors (Lipinski definition) is 4. The maximum absolute atomic E-state index is 13.5. The number of hydrogen-bond donors (Lipinski definition) is 0. The second-order valence-corrected chi connectivity index (χ2v) is 8.73. The second kappa shape index (κ2) is 8.78. The predicted molar refractivity (Wildman–Crippen MR) is 129 cm³/mol. The van der Waals surface area contributed by atoms with Crippen LogP contribution >= 0.6 is 0 Å². The Bertz CT molecular complexity index is 1220. The minimum atomic E-state index is -0.902. The molecule has 2 unspecified atom stereocenters. The van der Waals surface area contributed by atoms with Gasteiger partial charge in [0.1, 0.15) is 11.8 Å². The van der Waals surface area contributed by atoms with Crippen molar-refractivity contribution >= 4 is 23.4 Å². The number of β-lactam (4-membered cyclic amide) rings is 1. The molecule has 0 aromatic heterocycles. The molecule has 34 heavy (non-hydrogen) atoms. The van der Waals surface area contributed by atoms with Gasteiger partial charge in [0.2, 0.25) is 0 Å². The first kappa shape index (κ1) is 21.9. The third-order valence-corrected chi connectivity index (χ3v) is 6.47. The van der Waals surface area contributed by atoms with Crippen LogP contribution in [0.15, 0.2) is 72.8 Å². The molecule has 0 saturated carbocycles. The minimum Gasteiger partial charge on any atom is -0.494 e. The highest BCUT2D eigenvalue weighted by Crippen LogP contribution is 2.44. The standard InChI is InChI=1S/C28H26N2O4/c1-3-4-17-34-21-15-11-19(12-16-21)24-25(28(33)29(24)20-13-9-18(2)10-14-20)30-26(31)22-7-5-6-8-23(22)27(30)32/h5-16,24-25H,3-4,17H2,1-2H3. The third kappa shape index (κ3) is 3.55. The van der Waals surface area contributed by atoms with Gasteiger partial charge in [-0.1, -0.05) is 55.3 Å². The van der Waals surface area contributed by atoms with Crippen LogP contribution in [-0.4, -0.2) is 35.3 Å². The largest absolute Gasteiger partial charge is 0.494 e. The summed E-state index contributed by atoms with van der Waals surface area (Å²) in [6, 6.07) is 20.6. The Balaban J connectivity index is 1.50. The first-order chi connectivity index (χ1) is 16.5. The lowest BCUT2D eigenvalue weighted by atomic mass is 9.86. The molecule has 3 aromatic carbocycles. The molecule has 2 heterocycles. The van der Waals surface area contributed by atoms with Crippen molar-refractivity contribution < 1.29 is 19.1 Å². The molecule has 1 saturated heterocycles. The lowest BCUT2D eigenvalue weighted by Crippen LogP contribution is -2.67. The highest BCUT2D eigenvalue weighted by atomic mass is 16.5. The summed E-state index contributed by atoms with van der Waals surface area (Å²) in [6.07, 6.45) is 2.03. The smallest absolute Gasteiger partial charge is 0.262 e. The van der Waals surface area contributed by atoms with Crippen LogP contribution in [0.25, 0.3) is 0 Å². The Labute approximate surface area is 198 Å². The van der Waals surface area contributed by atoms with Crippen LogP contribution in [0.1, 0.15) is 57.7 Å². The number of anilines is 1. The molecule has 0 radical (unpaired) electrons. The van der Waals surface area contributed by atoms with Gasteiger partial charge in [-0.3, -0.25) is 19.3 Å². The van der Waals surface area contributed by atoms with E-state index in [2.05, 4.69) is 6.92 Å². The van der Waals surface area contributed by atoms with E-state index in [-0.39, 0.29) is 5.91 Å². The summed E-state index contributed by atoms with van der Waals surface area (Å²) in [4.78, 5) is 42.6. The van der Waals surface area contributed by atoms with Gasteiger partial charge in [-0.2, -0.15) is 0 Å². The Hall–Kier alpha value is -3.93. The van der Waals surface area contributed by atoms with Crippen LogP contribution in [0, 0.1) is 6.92 Å². The fraction of sp³-hybridized carbons (Fsp3) is 0.250. The Morgan fingerprint density at radius 2 is 1.38 bits per heavy atom. The topological polar surface area (TPSA) is 66.9 Å². The quantitative estimate of drug-likeness (QED) is 0.289. The second-order valence-electron chi connectivity index (χ2n) is 8.73. The number of ether oxygens (including phenoxy) is 1. The SMILES string of the molecule is CCCCOc1ccc(C2C(N3C(=O)c4ccccc4C3=O)C(=O)N2c2ccc(C)cc2)cc1. The maximum atomic E-state index is 13.5. The van der Waals surface area contributed by atoms with E-state index in [1.807, 2.05) is 55.5 Å². The molecular formula is C28H26N2O4. The van der Waals surface area contributed by atoms with Crippen molar-refractivity contribution in [3.63, 3.8) is 0 Å². The van der Waals surface area contributed by atoms with Gasteiger partial charge >= 0.3 is 0 Å². The number of rotatable bonds is 7. The molecule has 0 spiro atoms. The molecule has 5 rings (SSSR count). The van der Waals surface area contributed by atoms with Crippen LogP contribution in [0.3, 0.4) is 0 Å². The summed E-state index contributed by atoms with van der Waals surface area (Å²) >= 11 is 0. The van der Waals surface area contributed by atoms with E-state index in [4.69, 9.17) is 4.74 Å². The minimum absolute atomic E-state index is 0.272. The molecule has 0 N–H and O–H groups in total. The number of nitrogens with zero attached hydrogens (tertiary/aromatic N) is 2. The molecule has 1 fully saturated rings. The van der Waals surface area contributed by atoms with E-state index in [0.717, 1.165) is 40.3 Å². The van der Waals surface area contributed by atoms with Gasteiger partial charge in [-0.25, -0.2) is 0 Å². The first-order valence-electron chi connectivity index (χ1n) is 11.6. The van der Waals surface area contributed by atoms with Crippen LogP contribution < -0.4 is 9.64 Å². The average molecular weight is 455 g/mol. The third-order valence-electron chi connectivity index (χ3n) is 6.47. The number of aryl methyl sites for hydroxylation is 1. The van der Waals surface area contributed by atoms with Crippen molar-refractivity contribution in [2.75, 3.05) is 11.5 Å². The van der Waals surface area contributed by atoms with Gasteiger partial charge in [0.25, 0.3) is 17.7 Å². The summed E-state index contributed by atoms with van der Waals surface area (Å²) in [5.41, 5.74) is 3.33. The van der Waals surface area contributed by atoms with Crippen molar-refractivity contribution in [3.8, 4) is 5.75 Å². The molecular weight excluding hydrogens is 428 g/mol. The van der Waals surface area contributed by atoms with Crippen molar-refractivity contribution in [3.05, 3.63) is 95.1 Å². The predicted octanol–water partition coefficient (Wildman–Crippen LogP) is 4.93. The summed E-state index contributed by atoms with van der Waals surface area (Å²) < 4.78 is 5.78. The van der Waals surface area contributed by atoms with E-state index < -0.39 is 23.9 Å². The molecule has 3 amide bonds. The normalized spacial score (nSPS) is 19.3. The van der Waals surface area contributed by atoms with Crippen LogP contribution in [0.4, 0.5) is 5.69 Å². The van der Waals surface area contributed by atoms with E-state index in [1.165, 1.54) is 0 Å². The average Bonchev–Trinajstić information content (AvgIpc) is 3.10. The van der Waals surface area contributed by atoms with E-state index in [9.17, 15) is 14.4 Å². The number of imide groups is 1. The Kier molecular flexibility index (Phi) is 5.65. The van der Waals surface area contributed by atoms with Crippen LogP contribution in [0.2, 0.25) is 0 Å². The molecule has 6 heteroatoms. The fourth-order valence-electron chi connectivity index (χ4n) is 4.61. The van der Waals surface area contributed by atoms with Crippen LogP contribution in [0.5, 0.6) is 5.75 Å². The number of carbonyl (C=O) groups excluding carboxylic acids is 3. The monoisotopic (exact) mass is 454 g/mol. The summed E-state index contributed by atoms with van der Waals surface area (Å²) in [7, 11) is 0. The van der Waals surface area contributed by atoms with Crippen LogP contribution in [-0.2, 0) is 4.79 Å². The summed E-state index contributed by atoms with van der Waals surface area (Å²) in [5, 5.41) is 0. The molecule has 0 aliphatic carbocycles. The van der Waals surface area contributed by atoms with E-state index in [1.54, 1.807) is 29.2 Å². The lowest BCUT2D eigenvalue weighted by molar-refractivity contribution is -0.130. The Morgan fingerprint density at radius 1 is 0.765 bits per heavy atom. The molecule has 3 aromatic rings. The number of fused-ring (bicyclic) bond motifs is 1. The highest BCUT2D eigenvalue weighted by molar-refractivity contribution is 6.24. The van der Waals surface area contributed by atoms with Gasteiger partial charge in [-0.05, 0) is 55.3 Å². The molecule has 6 nitrogen and oxygen atoms in total. The fourth-order valence-corrected chi connectivity index (χ4v) is 4.61. The van der Waals surface area contributed by atoms with Crippen molar-refractivity contribution in [1.29, 1.82) is 0 Å². The van der Waals surface area contributed by atoms with Gasteiger partial charge in [0, 0.05) is 5.69 Å². The molecule has 2 aliphatic rings. The number of benzene rings is 3. The van der Waals surface area contributed by atoms with Gasteiger partial charge in [-0.15, -0.1) is 0 Å². The zero-order valence-electron chi connectivity index (χ0n) is 19.2. The zero-order valence-corrected chi connectivity index (χ0v) is 19.2. The molecule has 2 atom stereocenters. The van der Waals surface area contributed by atoms with Gasteiger partial charge in [0.05, 0.1) is 23.8 Å². The summed E-state index contributed by atoms with van der Waals surface area (Å²) in [6.45, 7) is 4.74. The van der Waals surface area contributed by atoms with Crippen molar-refractivity contribution in [1.82, 2.24) is 4.90 Å². The van der Waals surface area contributed by atoms with Gasteiger partial charge in [0.15, 0.2) is 0 Å². The molecule has 2 aliphatic heterocycles. The molecule has 172 valence electrons. The molecule has 0 bridgehead atoms. The van der Waals surface area contributed by atoms with E-state index >= 15 is 0 Å². The zero-order chi connectivity index (χ0) is 23.8. The first-order valence-corrected chi connectivity index (χ1v) is 11.6. The van der Waals surface area contributed by atoms with Crippen molar-refractivity contribution in [2.45, 2.75) is 38.8 Å². The number of carbonyl (C=O) groups is 3. The number of unbranched alkanes of at least 4 members (excludes halogenated alkanes) is 1. The lowest BCUT2D eigenvalue weighted by Gasteiger charge is -2.49. The van der Waals surface area contributed by atoms with Gasteiger partial charge < -0.3 is 9.64 Å². The Morgan fingerprint density at radius 3 is 1.97 bits per heavy atom. The highest BCUT2D eigenvalue weighted by Gasteiger charge is 2.57. The number of amides is 3.